The van der Waals surface area contributed by atoms with Gasteiger partial charge < -0.3 is 4.90 Å². The van der Waals surface area contributed by atoms with Crippen molar-refractivity contribution < 1.29 is 4.79 Å². The summed E-state index contributed by atoms with van der Waals surface area (Å²) in [5.74, 6) is 1.21. The molecule has 26 heavy (non-hydrogen) atoms. The number of hydrogen-bond acceptors (Lipinski definition) is 5. The lowest BCUT2D eigenvalue weighted by Gasteiger charge is -2.15. The maximum Gasteiger partial charge on any atom is 0.232 e. The molecule has 7 heteroatoms. The van der Waals surface area contributed by atoms with Gasteiger partial charge >= 0.3 is 0 Å². The van der Waals surface area contributed by atoms with Crippen LogP contribution < -0.4 is 4.90 Å². The zero-order chi connectivity index (χ0) is 18.1. The Morgan fingerprint density at radius 1 is 1.08 bits per heavy atom. The number of hydrogen-bond donors (Lipinski definition) is 0. The molecule has 3 aromatic rings. The van der Waals surface area contributed by atoms with E-state index in [1.54, 1.807) is 24.3 Å². The van der Waals surface area contributed by atoms with Crippen molar-refractivity contribution in [2.45, 2.75) is 18.6 Å². The standard InChI is InChI=1S/C19H17ClN4OS/c1-13-2-8-16(9-3-13)23-10-11-24-18(23)21-22-19(24)26-12-17(25)14-4-6-15(20)7-5-14/h2-9H,10-12H2,1H3. The molecule has 0 radical (unpaired) electrons. The molecular weight excluding hydrogens is 368 g/mol. The minimum absolute atomic E-state index is 0.0532. The summed E-state index contributed by atoms with van der Waals surface area (Å²) in [5, 5.41) is 10.0. The number of aromatic nitrogens is 3. The van der Waals surface area contributed by atoms with Crippen molar-refractivity contribution in [3.63, 3.8) is 0 Å². The van der Waals surface area contributed by atoms with E-state index in [-0.39, 0.29) is 5.78 Å². The highest BCUT2D eigenvalue weighted by Gasteiger charge is 2.26. The fraction of sp³-hybridized carbons (Fsp3) is 0.211. The third-order valence-electron chi connectivity index (χ3n) is 4.33. The number of ketones is 1. The van der Waals surface area contributed by atoms with Crippen molar-refractivity contribution in [1.29, 1.82) is 0 Å². The Morgan fingerprint density at radius 2 is 1.81 bits per heavy atom. The monoisotopic (exact) mass is 384 g/mol. The molecule has 1 aliphatic heterocycles. The number of carbonyl (C=O) groups is 1. The Hall–Kier alpha value is -2.31. The van der Waals surface area contributed by atoms with Gasteiger partial charge in [0.25, 0.3) is 0 Å². The van der Waals surface area contributed by atoms with Crippen LogP contribution in [0.5, 0.6) is 0 Å². The van der Waals surface area contributed by atoms with Crippen molar-refractivity contribution in [2.24, 2.45) is 0 Å². The lowest BCUT2D eigenvalue weighted by molar-refractivity contribution is 0.102. The van der Waals surface area contributed by atoms with Crippen LogP contribution in [0.4, 0.5) is 11.6 Å². The summed E-state index contributed by atoms with van der Waals surface area (Å²) in [4.78, 5) is 14.5. The fourth-order valence-corrected chi connectivity index (χ4v) is 3.88. The second-order valence-corrected chi connectivity index (χ2v) is 7.52. The lowest BCUT2D eigenvalue weighted by atomic mass is 10.1. The first-order valence-corrected chi connectivity index (χ1v) is 9.67. The predicted octanol–water partition coefficient (Wildman–Crippen LogP) is 4.37. The number of carbonyl (C=O) groups excluding carboxylic acids is 1. The van der Waals surface area contributed by atoms with Crippen LogP contribution in [-0.4, -0.2) is 32.8 Å². The molecule has 0 spiro atoms. The molecule has 132 valence electrons. The topological polar surface area (TPSA) is 51.0 Å². The van der Waals surface area contributed by atoms with E-state index in [4.69, 9.17) is 11.6 Å². The number of rotatable bonds is 5. The second kappa shape index (κ2) is 7.13. The summed E-state index contributed by atoms with van der Waals surface area (Å²) in [6, 6.07) is 15.3. The van der Waals surface area contributed by atoms with E-state index in [1.807, 2.05) is 0 Å². The highest BCUT2D eigenvalue weighted by molar-refractivity contribution is 7.99. The minimum atomic E-state index is 0.0532. The van der Waals surface area contributed by atoms with Crippen LogP contribution in [-0.2, 0) is 6.54 Å². The summed E-state index contributed by atoms with van der Waals surface area (Å²) >= 11 is 7.29. The molecule has 0 aliphatic carbocycles. The SMILES string of the molecule is Cc1ccc(N2CCn3c(SCC(=O)c4ccc(Cl)cc4)nnc32)cc1. The third kappa shape index (κ3) is 3.34. The third-order valence-corrected chi connectivity index (χ3v) is 5.55. The number of benzene rings is 2. The van der Waals surface area contributed by atoms with Gasteiger partial charge in [-0.15, -0.1) is 10.2 Å². The molecule has 1 aromatic heterocycles. The number of nitrogens with zero attached hydrogens (tertiary/aromatic N) is 4. The van der Waals surface area contributed by atoms with E-state index < -0.39 is 0 Å². The van der Waals surface area contributed by atoms with Gasteiger partial charge in [-0.25, -0.2) is 0 Å². The van der Waals surface area contributed by atoms with Crippen LogP contribution in [0.15, 0.2) is 53.7 Å². The van der Waals surface area contributed by atoms with Crippen molar-refractivity contribution in [2.75, 3.05) is 17.2 Å². The summed E-state index contributed by atoms with van der Waals surface area (Å²) < 4.78 is 2.07. The predicted molar refractivity (Wildman–Crippen MR) is 105 cm³/mol. The van der Waals surface area contributed by atoms with Crippen molar-refractivity contribution in [3.05, 3.63) is 64.7 Å². The van der Waals surface area contributed by atoms with Crippen molar-refractivity contribution >= 4 is 40.8 Å². The van der Waals surface area contributed by atoms with Crippen LogP contribution in [0.2, 0.25) is 5.02 Å². The molecule has 0 bridgehead atoms. The Bertz CT molecular complexity index is 937. The van der Waals surface area contributed by atoms with Gasteiger partial charge in [0, 0.05) is 29.4 Å². The number of thioether (sulfide) groups is 1. The molecule has 0 fully saturated rings. The number of Topliss-reactive ketones (excluding diaryl/α,β-unsaturated/α-hetero) is 1. The summed E-state index contributed by atoms with van der Waals surface area (Å²) in [6.07, 6.45) is 0. The second-order valence-electron chi connectivity index (χ2n) is 6.14. The zero-order valence-electron chi connectivity index (χ0n) is 14.2. The molecule has 0 unspecified atom stereocenters. The Labute approximate surface area is 161 Å². The first kappa shape index (κ1) is 17.1. The number of halogens is 1. The summed E-state index contributed by atoms with van der Waals surface area (Å²) in [5.41, 5.74) is 2.99. The lowest BCUT2D eigenvalue weighted by Crippen LogP contribution is -2.14. The van der Waals surface area contributed by atoms with Gasteiger partial charge in [-0.2, -0.15) is 0 Å². The zero-order valence-corrected chi connectivity index (χ0v) is 15.8. The molecule has 0 saturated carbocycles. The average molecular weight is 385 g/mol. The Morgan fingerprint density at radius 3 is 2.54 bits per heavy atom. The molecule has 0 atom stereocenters. The molecule has 2 heterocycles. The van der Waals surface area contributed by atoms with Crippen LogP contribution in [0, 0.1) is 6.92 Å². The van der Waals surface area contributed by atoms with Crippen LogP contribution in [0.25, 0.3) is 0 Å². The summed E-state index contributed by atoms with van der Waals surface area (Å²) in [7, 11) is 0. The molecule has 1 aliphatic rings. The maximum absolute atomic E-state index is 12.3. The number of aryl methyl sites for hydroxylation is 1. The summed E-state index contributed by atoms with van der Waals surface area (Å²) in [6.45, 7) is 3.74. The molecular formula is C19H17ClN4OS. The van der Waals surface area contributed by atoms with E-state index in [9.17, 15) is 4.79 Å². The first-order chi connectivity index (χ1) is 12.6. The fourth-order valence-electron chi connectivity index (χ4n) is 2.90. The van der Waals surface area contributed by atoms with E-state index in [1.165, 1.54) is 17.3 Å². The average Bonchev–Trinajstić information content (AvgIpc) is 3.23. The van der Waals surface area contributed by atoms with Gasteiger partial charge in [0.1, 0.15) is 0 Å². The van der Waals surface area contributed by atoms with Crippen LogP contribution in [0.3, 0.4) is 0 Å². The van der Waals surface area contributed by atoms with Crippen LogP contribution in [0.1, 0.15) is 15.9 Å². The van der Waals surface area contributed by atoms with E-state index in [2.05, 4.69) is 50.9 Å². The largest absolute Gasteiger partial charge is 0.309 e. The number of anilines is 2. The molecule has 0 amide bonds. The smallest absolute Gasteiger partial charge is 0.232 e. The normalized spacial score (nSPS) is 13.1. The molecule has 0 N–H and O–H groups in total. The highest BCUT2D eigenvalue weighted by Crippen LogP contribution is 2.32. The highest BCUT2D eigenvalue weighted by atomic mass is 35.5. The van der Waals surface area contributed by atoms with Gasteiger partial charge in [0.05, 0.1) is 5.75 Å². The van der Waals surface area contributed by atoms with Gasteiger partial charge in [0.2, 0.25) is 5.95 Å². The van der Waals surface area contributed by atoms with Crippen LogP contribution >= 0.6 is 23.4 Å². The quantitative estimate of drug-likeness (QED) is 0.483. The first-order valence-electron chi connectivity index (χ1n) is 8.31. The number of fused-ring (bicyclic) bond motifs is 1. The van der Waals surface area contributed by atoms with Crippen molar-refractivity contribution in [3.8, 4) is 0 Å². The van der Waals surface area contributed by atoms with Gasteiger partial charge in [-0.1, -0.05) is 41.1 Å². The maximum atomic E-state index is 12.3. The van der Waals surface area contributed by atoms with Crippen molar-refractivity contribution in [1.82, 2.24) is 14.8 Å². The Kier molecular flexibility index (Phi) is 4.70. The molecule has 2 aromatic carbocycles. The van der Waals surface area contributed by atoms with E-state index in [0.29, 0.717) is 16.3 Å². The molecule has 0 saturated heterocycles. The minimum Gasteiger partial charge on any atom is -0.309 e. The van der Waals surface area contributed by atoms with E-state index >= 15 is 0 Å². The van der Waals surface area contributed by atoms with Gasteiger partial charge in [-0.05, 0) is 43.3 Å². The van der Waals surface area contributed by atoms with E-state index in [0.717, 1.165) is 29.9 Å². The van der Waals surface area contributed by atoms with Gasteiger partial charge in [0.15, 0.2) is 10.9 Å². The Balaban J connectivity index is 1.47. The van der Waals surface area contributed by atoms with Gasteiger partial charge in [-0.3, -0.25) is 9.36 Å². The molecule has 5 nitrogen and oxygen atoms in total. The molecule has 4 rings (SSSR count).